The lowest BCUT2D eigenvalue weighted by molar-refractivity contribution is -0.280. The van der Waals surface area contributed by atoms with Gasteiger partial charge in [-0.3, -0.25) is 9.59 Å². The molecule has 0 amide bonds. The van der Waals surface area contributed by atoms with Gasteiger partial charge in [0.25, 0.3) is 0 Å². The van der Waals surface area contributed by atoms with E-state index in [2.05, 4.69) is 11.8 Å². The van der Waals surface area contributed by atoms with Gasteiger partial charge in [-0.15, -0.1) is 0 Å². The summed E-state index contributed by atoms with van der Waals surface area (Å²) >= 11 is 0. The molecule has 264 valence electrons. The van der Waals surface area contributed by atoms with Gasteiger partial charge in [0.1, 0.15) is 12.2 Å². The van der Waals surface area contributed by atoms with Gasteiger partial charge in [-0.25, -0.2) is 0 Å². The van der Waals surface area contributed by atoms with Crippen molar-refractivity contribution in [3.05, 3.63) is 23.8 Å². The molecule has 46 heavy (non-hydrogen) atoms. The molecule has 0 bridgehead atoms. The standard InChI is InChI=1S/C37H64N2O7/c1-8-33-30(24-40)21-25(2)13-15-32(41)27(4)22-29(17-20-39-18-11-9-10-12-19-39)36(26(3)14-16-34(42)45-33)46-37-35(43)31(38(6)7)23-28(5)44-37/h13,15,21,26-31,33,35-37,40,43H,8-12,14,16-20,22-24H2,1-7H3/b15-13+,25-21+/t26-,27+,28+,29-,30+,31-,33+,35+,36+,37-/m0/s1. The number of cyclic esters (lactones) is 1. The number of likely N-dealkylation sites (tertiary alicyclic amines) is 1. The molecule has 0 aromatic rings. The first-order chi connectivity index (χ1) is 21.9. The second-order valence-electron chi connectivity index (χ2n) is 14.6. The van der Waals surface area contributed by atoms with Gasteiger partial charge in [-0.2, -0.15) is 0 Å². The van der Waals surface area contributed by atoms with Gasteiger partial charge in [-0.1, -0.05) is 51.3 Å². The molecule has 2 fully saturated rings. The Labute approximate surface area is 278 Å². The summed E-state index contributed by atoms with van der Waals surface area (Å²) in [6, 6.07) is -0.104. The van der Waals surface area contributed by atoms with Crippen LogP contribution in [0.4, 0.5) is 0 Å². The van der Waals surface area contributed by atoms with Crippen molar-refractivity contribution in [2.45, 2.75) is 136 Å². The number of ketones is 1. The highest BCUT2D eigenvalue weighted by molar-refractivity contribution is 5.91. The number of aliphatic hydroxyl groups is 2. The summed E-state index contributed by atoms with van der Waals surface area (Å²) in [5, 5.41) is 21.5. The normalized spacial score (nSPS) is 38.5. The summed E-state index contributed by atoms with van der Waals surface area (Å²) in [6.07, 6.45) is 11.3. The lowest BCUT2D eigenvalue weighted by atomic mass is 9.80. The average molecular weight is 649 g/mol. The number of esters is 1. The fourth-order valence-electron chi connectivity index (χ4n) is 7.47. The molecule has 0 aromatic heterocycles. The van der Waals surface area contributed by atoms with E-state index in [9.17, 15) is 19.8 Å². The van der Waals surface area contributed by atoms with Gasteiger partial charge < -0.3 is 34.2 Å². The summed E-state index contributed by atoms with van der Waals surface area (Å²) in [5.74, 6) is -0.873. The Morgan fingerprint density at radius 2 is 1.74 bits per heavy atom. The maximum atomic E-state index is 13.5. The molecule has 3 rings (SSSR count). The number of carbonyl (C=O) groups excluding carboxylic acids is 2. The molecule has 2 N–H and O–H groups in total. The zero-order valence-electron chi connectivity index (χ0n) is 29.7. The topological polar surface area (TPSA) is 109 Å². The summed E-state index contributed by atoms with van der Waals surface area (Å²) in [5.41, 5.74) is 0.849. The van der Waals surface area contributed by atoms with E-state index in [0.29, 0.717) is 25.7 Å². The van der Waals surface area contributed by atoms with Crippen LogP contribution < -0.4 is 0 Å². The second-order valence-corrected chi connectivity index (χ2v) is 14.6. The minimum Gasteiger partial charge on any atom is -0.462 e. The average Bonchev–Trinajstić information content (AvgIpc) is 3.30. The van der Waals surface area contributed by atoms with E-state index < -0.39 is 18.5 Å². The molecule has 0 unspecified atom stereocenters. The Morgan fingerprint density at radius 1 is 1.04 bits per heavy atom. The van der Waals surface area contributed by atoms with Gasteiger partial charge in [0, 0.05) is 24.3 Å². The van der Waals surface area contributed by atoms with Crippen molar-refractivity contribution in [1.82, 2.24) is 9.80 Å². The van der Waals surface area contributed by atoms with Gasteiger partial charge in [0.15, 0.2) is 12.1 Å². The SMILES string of the molecule is CC[C@H]1OC(=O)CC[C@H](C)[C@@H](O[C@@H]2O[C@H](C)C[C@H](N(C)C)[C@H]2O)[C@@H](CCN2CCCCCC2)C[C@@H](C)C(=O)/C=C/C(C)=C/[C@@H]1CO. The highest BCUT2D eigenvalue weighted by atomic mass is 16.7. The molecule has 9 heteroatoms. The fraction of sp³-hybridized carbons (Fsp3) is 0.838. The lowest BCUT2D eigenvalue weighted by Gasteiger charge is -2.44. The van der Waals surface area contributed by atoms with Crippen molar-refractivity contribution >= 4 is 11.8 Å². The third kappa shape index (κ3) is 11.8. The first kappa shape index (κ1) is 38.8. The van der Waals surface area contributed by atoms with Crippen LogP contribution in [0, 0.1) is 23.7 Å². The van der Waals surface area contributed by atoms with E-state index in [-0.39, 0.29) is 66.7 Å². The Morgan fingerprint density at radius 3 is 2.37 bits per heavy atom. The highest BCUT2D eigenvalue weighted by Gasteiger charge is 2.42. The molecule has 9 nitrogen and oxygen atoms in total. The predicted octanol–water partition coefficient (Wildman–Crippen LogP) is 5.14. The molecule has 0 radical (unpaired) electrons. The number of aliphatic hydroxyl groups excluding tert-OH is 2. The minimum absolute atomic E-state index is 0.0131. The lowest BCUT2D eigenvalue weighted by Crippen LogP contribution is -2.55. The van der Waals surface area contributed by atoms with Gasteiger partial charge in [-0.05, 0) is 110 Å². The number of hydrogen-bond acceptors (Lipinski definition) is 9. The molecule has 3 aliphatic heterocycles. The Balaban J connectivity index is 1.97. The van der Waals surface area contributed by atoms with Crippen molar-refractivity contribution in [2.75, 3.05) is 40.3 Å². The molecular weight excluding hydrogens is 584 g/mol. The first-order valence-electron chi connectivity index (χ1n) is 18.0. The molecule has 2 saturated heterocycles. The van der Waals surface area contributed by atoms with Crippen LogP contribution in [0.3, 0.4) is 0 Å². The maximum absolute atomic E-state index is 13.5. The van der Waals surface area contributed by atoms with Gasteiger partial charge in [0.05, 0.1) is 18.8 Å². The fourth-order valence-corrected chi connectivity index (χ4v) is 7.47. The predicted molar refractivity (Wildman–Crippen MR) is 181 cm³/mol. The molecule has 0 aromatic carbocycles. The maximum Gasteiger partial charge on any atom is 0.306 e. The molecule has 3 aliphatic rings. The number of ether oxygens (including phenoxy) is 3. The zero-order chi connectivity index (χ0) is 33.8. The monoisotopic (exact) mass is 648 g/mol. The smallest absolute Gasteiger partial charge is 0.306 e. The summed E-state index contributed by atoms with van der Waals surface area (Å²) in [4.78, 5) is 31.3. The van der Waals surface area contributed by atoms with Crippen LogP contribution in [0.15, 0.2) is 23.8 Å². The van der Waals surface area contributed by atoms with E-state index in [1.165, 1.54) is 25.7 Å². The van der Waals surface area contributed by atoms with Crippen LogP contribution in [0.25, 0.3) is 0 Å². The van der Waals surface area contributed by atoms with Crippen molar-refractivity contribution < 1.29 is 34.0 Å². The van der Waals surface area contributed by atoms with E-state index in [4.69, 9.17) is 14.2 Å². The Kier molecular flexibility index (Phi) is 16.4. The minimum atomic E-state index is -0.826. The third-order valence-corrected chi connectivity index (χ3v) is 10.4. The number of carbonyl (C=O) groups is 2. The number of rotatable bonds is 8. The number of likely N-dealkylation sites (N-methyl/N-ethyl adjacent to an activating group) is 1. The zero-order valence-corrected chi connectivity index (χ0v) is 29.7. The van der Waals surface area contributed by atoms with Crippen molar-refractivity contribution in [2.24, 2.45) is 23.7 Å². The van der Waals surface area contributed by atoms with E-state index in [1.54, 1.807) is 12.2 Å². The van der Waals surface area contributed by atoms with Crippen LogP contribution in [0.5, 0.6) is 0 Å². The van der Waals surface area contributed by atoms with Gasteiger partial charge in [0.2, 0.25) is 0 Å². The summed E-state index contributed by atoms with van der Waals surface area (Å²) in [6.45, 7) is 12.9. The third-order valence-electron chi connectivity index (χ3n) is 10.4. The van der Waals surface area contributed by atoms with Crippen LogP contribution in [0.1, 0.15) is 98.8 Å². The van der Waals surface area contributed by atoms with Crippen molar-refractivity contribution in [3.63, 3.8) is 0 Å². The largest absolute Gasteiger partial charge is 0.462 e. The molecule has 0 saturated carbocycles. The molecule has 0 spiro atoms. The van der Waals surface area contributed by atoms with E-state index in [1.807, 2.05) is 52.8 Å². The molecule has 10 atom stereocenters. The Hall–Kier alpha value is -1.62. The Bertz CT molecular complexity index is 992. The van der Waals surface area contributed by atoms with Crippen LogP contribution >= 0.6 is 0 Å². The van der Waals surface area contributed by atoms with E-state index in [0.717, 1.165) is 31.6 Å². The number of nitrogens with zero attached hydrogens (tertiary/aromatic N) is 2. The second kappa shape index (κ2) is 19.4. The number of hydrogen-bond donors (Lipinski definition) is 2. The van der Waals surface area contributed by atoms with E-state index >= 15 is 0 Å². The summed E-state index contributed by atoms with van der Waals surface area (Å²) in [7, 11) is 3.94. The van der Waals surface area contributed by atoms with Gasteiger partial charge >= 0.3 is 5.97 Å². The molecule has 0 aliphatic carbocycles. The summed E-state index contributed by atoms with van der Waals surface area (Å²) < 4.78 is 19.0. The first-order valence-corrected chi connectivity index (χ1v) is 18.0. The van der Waals surface area contributed by atoms with Crippen LogP contribution in [-0.2, 0) is 23.8 Å². The van der Waals surface area contributed by atoms with Crippen LogP contribution in [-0.4, -0.2) is 109 Å². The van der Waals surface area contributed by atoms with Crippen molar-refractivity contribution in [1.29, 1.82) is 0 Å². The number of allylic oxidation sites excluding steroid dienone is 3. The quantitative estimate of drug-likeness (QED) is 0.346. The van der Waals surface area contributed by atoms with Crippen molar-refractivity contribution in [3.8, 4) is 0 Å². The molecule has 3 heterocycles. The van der Waals surface area contributed by atoms with Crippen LogP contribution in [0.2, 0.25) is 0 Å². The highest BCUT2D eigenvalue weighted by Crippen LogP contribution is 2.34. The molecular formula is C37H64N2O7.